The van der Waals surface area contributed by atoms with Crippen LogP contribution in [-0.2, 0) is 0 Å². The number of hydrogen-bond donors (Lipinski definition) is 2. The monoisotopic (exact) mass is 323 g/mol. The topological polar surface area (TPSA) is 71.7 Å². The lowest BCUT2D eigenvalue weighted by Gasteiger charge is -2.08. The fourth-order valence-electron chi connectivity index (χ4n) is 2.52. The van der Waals surface area contributed by atoms with E-state index in [0.29, 0.717) is 5.82 Å². The number of nitrogens with zero attached hydrogens (tertiary/aromatic N) is 3. The molecule has 3 aliphatic rings. The standard InChI is InChI=1S/C11H10FN3.C6H4N2O/c1-13-11-10(14-6-7-15-11)8-2-4-9(12)5-3-8;1-2-6-5-3-4(1)8(5)7-9-6/h2-7H,1H3,(H,13,15);1-3,7H. The van der Waals surface area contributed by atoms with Crippen LogP contribution in [0.25, 0.3) is 28.0 Å². The predicted molar refractivity (Wildman–Crippen MR) is 89.2 cm³/mol. The maximum absolute atomic E-state index is 12.7. The van der Waals surface area contributed by atoms with Gasteiger partial charge >= 0.3 is 0 Å². The van der Waals surface area contributed by atoms with Gasteiger partial charge in [-0.2, -0.15) is 5.27 Å². The summed E-state index contributed by atoms with van der Waals surface area (Å²) in [6.45, 7) is 0. The highest BCUT2D eigenvalue weighted by atomic mass is 19.1. The molecule has 4 bridgehead atoms. The van der Waals surface area contributed by atoms with E-state index in [9.17, 15) is 4.39 Å². The van der Waals surface area contributed by atoms with Gasteiger partial charge in [-0.25, -0.2) is 14.1 Å². The fourth-order valence-corrected chi connectivity index (χ4v) is 2.52. The van der Waals surface area contributed by atoms with Crippen LogP contribution in [0.5, 0.6) is 0 Å². The number of halogens is 1. The molecule has 6 nitrogen and oxygen atoms in total. The van der Waals surface area contributed by atoms with Crippen molar-refractivity contribution in [3.63, 3.8) is 0 Å². The summed E-state index contributed by atoms with van der Waals surface area (Å²) in [5.74, 6) is 0.428. The van der Waals surface area contributed by atoms with Crippen LogP contribution in [0.2, 0.25) is 0 Å². The van der Waals surface area contributed by atoms with Gasteiger partial charge in [0.25, 0.3) is 0 Å². The van der Waals surface area contributed by atoms with Crippen LogP contribution >= 0.6 is 0 Å². The molecule has 4 heterocycles. The number of hydrogen-bond acceptors (Lipinski definition) is 4. The lowest BCUT2D eigenvalue weighted by molar-refractivity contribution is 0.409. The smallest absolute Gasteiger partial charge is 0.182 e. The van der Waals surface area contributed by atoms with Crippen molar-refractivity contribution in [2.24, 2.45) is 0 Å². The summed E-state index contributed by atoms with van der Waals surface area (Å²) in [4.78, 5) is 8.33. The van der Waals surface area contributed by atoms with Gasteiger partial charge in [-0.05, 0) is 42.5 Å². The molecule has 6 rings (SSSR count). The lowest BCUT2D eigenvalue weighted by Crippen LogP contribution is -2.02. The van der Waals surface area contributed by atoms with Gasteiger partial charge < -0.3 is 9.84 Å². The molecule has 0 amide bonds. The first-order valence-electron chi connectivity index (χ1n) is 7.37. The molecule has 24 heavy (non-hydrogen) atoms. The molecule has 0 spiro atoms. The quantitative estimate of drug-likeness (QED) is 0.519. The molecular weight excluding hydrogens is 309 g/mol. The van der Waals surface area contributed by atoms with Crippen molar-refractivity contribution in [3.8, 4) is 16.9 Å². The van der Waals surface area contributed by atoms with E-state index in [1.807, 2.05) is 16.8 Å². The second kappa shape index (κ2) is 5.69. The Balaban J connectivity index is 0.000000136. The molecule has 0 unspecified atom stereocenters. The van der Waals surface area contributed by atoms with Crippen LogP contribution in [0.4, 0.5) is 10.2 Å². The number of aromatic nitrogens is 4. The summed E-state index contributed by atoms with van der Waals surface area (Å²) < 4.78 is 19.7. The van der Waals surface area contributed by atoms with Crippen molar-refractivity contribution in [2.45, 2.75) is 0 Å². The third kappa shape index (κ3) is 2.36. The number of fused-ring (bicyclic) bond motifs is 1. The molecule has 0 aliphatic carbocycles. The summed E-state index contributed by atoms with van der Waals surface area (Å²) in [6, 6.07) is 12.2. The van der Waals surface area contributed by atoms with Gasteiger partial charge in [0.1, 0.15) is 17.2 Å². The molecule has 0 atom stereocenters. The Morgan fingerprint density at radius 3 is 2.54 bits per heavy atom. The van der Waals surface area contributed by atoms with Gasteiger partial charge in [0.2, 0.25) is 0 Å². The summed E-state index contributed by atoms with van der Waals surface area (Å²) in [5.41, 5.74) is 4.80. The first-order valence-corrected chi connectivity index (χ1v) is 7.37. The average molecular weight is 323 g/mol. The molecule has 120 valence electrons. The van der Waals surface area contributed by atoms with Crippen molar-refractivity contribution in [3.05, 3.63) is 60.7 Å². The summed E-state index contributed by atoms with van der Waals surface area (Å²) in [5, 5.41) is 5.69. The Kier molecular flexibility index (Phi) is 3.38. The van der Waals surface area contributed by atoms with Crippen molar-refractivity contribution < 1.29 is 8.91 Å². The maximum Gasteiger partial charge on any atom is 0.182 e. The normalized spacial score (nSPS) is 10.9. The largest absolute Gasteiger partial charge is 0.371 e. The van der Waals surface area contributed by atoms with E-state index >= 15 is 0 Å². The minimum absolute atomic E-state index is 0.256. The number of aromatic amines is 1. The van der Waals surface area contributed by atoms with Gasteiger partial charge in [-0.3, -0.25) is 4.98 Å². The molecule has 2 aromatic carbocycles. The van der Waals surface area contributed by atoms with Gasteiger partial charge in [0.15, 0.2) is 11.4 Å². The second-order valence-electron chi connectivity index (χ2n) is 5.19. The minimum Gasteiger partial charge on any atom is -0.371 e. The van der Waals surface area contributed by atoms with Crippen molar-refractivity contribution in [1.29, 1.82) is 0 Å². The number of pyridine rings is 1. The van der Waals surface area contributed by atoms with Gasteiger partial charge in [-0.1, -0.05) is 0 Å². The fraction of sp³-hybridized carbons (Fsp3) is 0.0588. The highest BCUT2D eigenvalue weighted by molar-refractivity contribution is 5.78. The molecule has 0 saturated heterocycles. The summed E-state index contributed by atoms with van der Waals surface area (Å²) in [6.07, 6.45) is 3.22. The van der Waals surface area contributed by atoms with Crippen LogP contribution in [-0.4, -0.2) is 27.0 Å². The Bertz CT molecular complexity index is 1000. The van der Waals surface area contributed by atoms with E-state index in [4.69, 9.17) is 4.52 Å². The van der Waals surface area contributed by atoms with Crippen LogP contribution in [0.15, 0.2) is 59.4 Å². The van der Waals surface area contributed by atoms with Crippen molar-refractivity contribution in [2.75, 3.05) is 12.4 Å². The molecule has 1 aromatic heterocycles. The van der Waals surface area contributed by atoms with E-state index < -0.39 is 0 Å². The molecule has 0 fully saturated rings. The number of anilines is 1. The summed E-state index contributed by atoms with van der Waals surface area (Å²) in [7, 11) is 1.77. The zero-order valence-electron chi connectivity index (χ0n) is 12.8. The Labute approximate surface area is 136 Å². The predicted octanol–water partition coefficient (Wildman–Crippen LogP) is 3.75. The van der Waals surface area contributed by atoms with E-state index in [0.717, 1.165) is 22.5 Å². The lowest BCUT2D eigenvalue weighted by atomic mass is 10.1. The molecule has 7 heteroatoms. The molecule has 2 N–H and O–H groups in total. The molecule has 3 aliphatic heterocycles. The number of H-pyrrole nitrogens is 1. The molecular formula is C17H14FN5O. The molecule has 0 radical (unpaired) electrons. The number of benzene rings is 2. The van der Waals surface area contributed by atoms with Gasteiger partial charge in [-0.15, -0.1) is 0 Å². The van der Waals surface area contributed by atoms with Gasteiger partial charge in [0, 0.05) is 25.0 Å². The summed E-state index contributed by atoms with van der Waals surface area (Å²) >= 11 is 0. The first-order chi connectivity index (χ1) is 11.8. The van der Waals surface area contributed by atoms with Gasteiger partial charge in [0.05, 0.1) is 5.52 Å². The zero-order valence-corrected chi connectivity index (χ0v) is 12.8. The second-order valence-corrected chi connectivity index (χ2v) is 5.19. The number of rotatable bonds is 2. The van der Waals surface area contributed by atoms with Crippen LogP contribution < -0.4 is 5.32 Å². The highest BCUT2D eigenvalue weighted by Crippen LogP contribution is 2.28. The maximum atomic E-state index is 12.7. The molecule has 3 aromatic rings. The van der Waals surface area contributed by atoms with Crippen LogP contribution in [0.3, 0.4) is 0 Å². The minimum atomic E-state index is -0.256. The SMILES string of the molecule is CNc1nccnc1-c1ccc(F)cc1.c1cc2cc3c1o[nH]n2-3. The Morgan fingerprint density at radius 2 is 1.88 bits per heavy atom. The molecule has 0 saturated carbocycles. The first kappa shape index (κ1) is 14.3. The van der Waals surface area contributed by atoms with E-state index in [2.05, 4.69) is 26.6 Å². The van der Waals surface area contributed by atoms with E-state index in [-0.39, 0.29) is 5.82 Å². The van der Waals surface area contributed by atoms with Crippen molar-refractivity contribution in [1.82, 2.24) is 19.9 Å². The third-order valence-corrected chi connectivity index (χ3v) is 3.74. The van der Waals surface area contributed by atoms with Crippen LogP contribution in [0, 0.1) is 5.82 Å². The van der Waals surface area contributed by atoms with Crippen molar-refractivity contribution >= 4 is 16.9 Å². The Morgan fingerprint density at radius 1 is 1.08 bits per heavy atom. The Hall–Kier alpha value is -3.35. The zero-order chi connectivity index (χ0) is 16.5. The van der Waals surface area contributed by atoms with E-state index in [1.54, 1.807) is 31.6 Å². The number of nitrogens with one attached hydrogen (secondary N) is 2. The van der Waals surface area contributed by atoms with E-state index in [1.165, 1.54) is 17.6 Å². The average Bonchev–Trinajstić information content (AvgIpc) is 2.84. The van der Waals surface area contributed by atoms with Crippen LogP contribution in [0.1, 0.15) is 0 Å². The highest BCUT2D eigenvalue weighted by Gasteiger charge is 2.15. The third-order valence-electron chi connectivity index (χ3n) is 3.74.